The minimum atomic E-state index is 0.399. The Kier molecular flexibility index (Phi) is 4.97. The first-order valence-electron chi connectivity index (χ1n) is 7.13. The van der Waals surface area contributed by atoms with E-state index in [0.717, 1.165) is 26.1 Å². The Balaban J connectivity index is 2.06. The number of hydrogen-bond acceptors (Lipinski definition) is 3. The van der Waals surface area contributed by atoms with Crippen LogP contribution in [0.3, 0.4) is 0 Å². The summed E-state index contributed by atoms with van der Waals surface area (Å²) in [5.74, 6) is 0. The van der Waals surface area contributed by atoms with Crippen molar-refractivity contribution in [3.05, 3.63) is 34.9 Å². The molecule has 0 aliphatic carbocycles. The van der Waals surface area contributed by atoms with Gasteiger partial charge in [-0.2, -0.15) is 0 Å². The number of nitrogens with one attached hydrogen (secondary N) is 1. The number of aryl methyl sites for hydroxylation is 2. The Morgan fingerprint density at radius 2 is 2.21 bits per heavy atom. The lowest BCUT2D eigenvalue weighted by Gasteiger charge is -2.25. The molecule has 1 fully saturated rings. The quantitative estimate of drug-likeness (QED) is 0.881. The SMILES string of the molecule is CNC(CN1CCC(OC)C1)c1cc(C)ccc1C. The van der Waals surface area contributed by atoms with Crippen molar-refractivity contribution in [2.45, 2.75) is 32.4 Å². The standard InChI is InChI=1S/C16H26N2O/c1-12-5-6-13(2)15(9-12)16(17-3)11-18-8-7-14(10-18)19-4/h5-6,9,14,16-17H,7-8,10-11H2,1-4H3. The lowest BCUT2D eigenvalue weighted by Crippen LogP contribution is -2.33. The van der Waals surface area contributed by atoms with Crippen molar-refractivity contribution in [3.63, 3.8) is 0 Å². The van der Waals surface area contributed by atoms with Crippen molar-refractivity contribution in [1.82, 2.24) is 10.2 Å². The molecule has 3 heteroatoms. The number of benzene rings is 1. The summed E-state index contributed by atoms with van der Waals surface area (Å²) in [4.78, 5) is 2.50. The van der Waals surface area contributed by atoms with Crippen LogP contribution in [0.25, 0.3) is 0 Å². The maximum absolute atomic E-state index is 5.44. The van der Waals surface area contributed by atoms with Crippen LogP contribution < -0.4 is 5.32 Å². The molecule has 1 aliphatic rings. The van der Waals surface area contributed by atoms with E-state index in [-0.39, 0.29) is 0 Å². The number of ether oxygens (including phenoxy) is 1. The molecule has 0 bridgehead atoms. The van der Waals surface area contributed by atoms with Gasteiger partial charge in [0.05, 0.1) is 6.10 Å². The zero-order valence-electron chi connectivity index (χ0n) is 12.6. The first kappa shape index (κ1) is 14.5. The van der Waals surface area contributed by atoms with Gasteiger partial charge in [0.15, 0.2) is 0 Å². The zero-order valence-corrected chi connectivity index (χ0v) is 12.6. The molecule has 3 nitrogen and oxygen atoms in total. The van der Waals surface area contributed by atoms with Crippen LogP contribution >= 0.6 is 0 Å². The Morgan fingerprint density at radius 1 is 1.42 bits per heavy atom. The van der Waals surface area contributed by atoms with Crippen LogP contribution in [0.5, 0.6) is 0 Å². The maximum atomic E-state index is 5.44. The number of nitrogens with zero attached hydrogens (tertiary/aromatic N) is 1. The van der Waals surface area contributed by atoms with E-state index in [0.29, 0.717) is 12.1 Å². The number of hydrogen-bond donors (Lipinski definition) is 1. The van der Waals surface area contributed by atoms with Crippen LogP contribution in [0.2, 0.25) is 0 Å². The normalized spacial score (nSPS) is 21.8. The van der Waals surface area contributed by atoms with Crippen molar-refractivity contribution in [2.75, 3.05) is 33.8 Å². The minimum absolute atomic E-state index is 0.399. The van der Waals surface area contributed by atoms with Gasteiger partial charge < -0.3 is 10.1 Å². The monoisotopic (exact) mass is 262 g/mol. The summed E-state index contributed by atoms with van der Waals surface area (Å²) < 4.78 is 5.44. The van der Waals surface area contributed by atoms with Gasteiger partial charge in [-0.1, -0.05) is 23.8 Å². The summed E-state index contributed by atoms with van der Waals surface area (Å²) in [5, 5.41) is 3.46. The predicted octanol–water partition coefficient (Wildman–Crippen LogP) is 2.28. The molecule has 0 aromatic heterocycles. The van der Waals surface area contributed by atoms with Gasteiger partial charge >= 0.3 is 0 Å². The van der Waals surface area contributed by atoms with E-state index in [1.807, 2.05) is 7.11 Å². The third-order valence-electron chi connectivity index (χ3n) is 4.16. The second-order valence-electron chi connectivity index (χ2n) is 5.61. The van der Waals surface area contributed by atoms with E-state index < -0.39 is 0 Å². The van der Waals surface area contributed by atoms with Crippen LogP contribution in [-0.4, -0.2) is 44.8 Å². The molecular formula is C16H26N2O. The average Bonchev–Trinajstić information content (AvgIpc) is 2.87. The maximum Gasteiger partial charge on any atom is 0.0710 e. The molecule has 19 heavy (non-hydrogen) atoms. The van der Waals surface area contributed by atoms with Gasteiger partial charge in [-0.3, -0.25) is 4.90 Å². The fourth-order valence-corrected chi connectivity index (χ4v) is 2.89. The average molecular weight is 262 g/mol. The topological polar surface area (TPSA) is 24.5 Å². The number of likely N-dealkylation sites (N-methyl/N-ethyl adjacent to an activating group) is 1. The predicted molar refractivity (Wildman–Crippen MR) is 79.6 cm³/mol. The summed E-state index contributed by atoms with van der Waals surface area (Å²) in [7, 11) is 3.87. The summed E-state index contributed by atoms with van der Waals surface area (Å²) in [5.41, 5.74) is 4.12. The van der Waals surface area contributed by atoms with Gasteiger partial charge in [0.1, 0.15) is 0 Å². The van der Waals surface area contributed by atoms with Crippen molar-refractivity contribution in [3.8, 4) is 0 Å². The van der Waals surface area contributed by atoms with Crippen molar-refractivity contribution >= 4 is 0 Å². The first-order valence-corrected chi connectivity index (χ1v) is 7.13. The fraction of sp³-hybridized carbons (Fsp3) is 0.625. The zero-order chi connectivity index (χ0) is 13.8. The molecule has 2 rings (SSSR count). The van der Waals surface area contributed by atoms with Crippen LogP contribution in [0.15, 0.2) is 18.2 Å². The van der Waals surface area contributed by atoms with Crippen LogP contribution in [0.1, 0.15) is 29.2 Å². The second kappa shape index (κ2) is 6.51. The molecule has 106 valence electrons. The number of methoxy groups -OCH3 is 1. The van der Waals surface area contributed by atoms with Gasteiger partial charge in [0.25, 0.3) is 0 Å². The third kappa shape index (κ3) is 3.56. The van der Waals surface area contributed by atoms with Gasteiger partial charge in [0.2, 0.25) is 0 Å². The van der Waals surface area contributed by atoms with Gasteiger partial charge in [-0.15, -0.1) is 0 Å². The molecular weight excluding hydrogens is 236 g/mol. The third-order valence-corrected chi connectivity index (χ3v) is 4.16. The fourth-order valence-electron chi connectivity index (χ4n) is 2.89. The van der Waals surface area contributed by atoms with Crippen molar-refractivity contribution in [2.24, 2.45) is 0 Å². The molecule has 1 saturated heterocycles. The Hall–Kier alpha value is -0.900. The number of likely N-dealkylation sites (tertiary alicyclic amines) is 1. The van der Waals surface area contributed by atoms with E-state index in [4.69, 9.17) is 4.74 Å². The molecule has 2 unspecified atom stereocenters. The van der Waals surface area contributed by atoms with E-state index in [2.05, 4.69) is 49.3 Å². The van der Waals surface area contributed by atoms with Crippen molar-refractivity contribution in [1.29, 1.82) is 0 Å². The minimum Gasteiger partial charge on any atom is -0.380 e. The molecule has 0 amide bonds. The van der Waals surface area contributed by atoms with Gasteiger partial charge in [-0.05, 0) is 38.4 Å². The van der Waals surface area contributed by atoms with Crippen LogP contribution in [0, 0.1) is 13.8 Å². The van der Waals surface area contributed by atoms with E-state index in [1.165, 1.54) is 16.7 Å². The summed E-state index contributed by atoms with van der Waals surface area (Å²) in [6.07, 6.45) is 1.57. The Morgan fingerprint density at radius 3 is 2.84 bits per heavy atom. The Bertz CT molecular complexity index is 419. The highest BCUT2D eigenvalue weighted by atomic mass is 16.5. The van der Waals surface area contributed by atoms with Crippen LogP contribution in [-0.2, 0) is 4.74 Å². The molecule has 0 spiro atoms. The summed E-state index contributed by atoms with van der Waals surface area (Å²) in [6.45, 7) is 7.61. The molecule has 1 heterocycles. The smallest absolute Gasteiger partial charge is 0.0710 e. The largest absolute Gasteiger partial charge is 0.380 e. The first-order chi connectivity index (χ1) is 9.13. The molecule has 0 saturated carbocycles. The summed E-state index contributed by atoms with van der Waals surface area (Å²) >= 11 is 0. The van der Waals surface area contributed by atoms with Crippen LogP contribution in [0.4, 0.5) is 0 Å². The molecule has 1 aromatic carbocycles. The lowest BCUT2D eigenvalue weighted by molar-refractivity contribution is 0.107. The van der Waals surface area contributed by atoms with E-state index in [1.54, 1.807) is 0 Å². The van der Waals surface area contributed by atoms with Gasteiger partial charge in [0, 0.05) is 32.8 Å². The Labute approximate surface area is 116 Å². The molecule has 1 aliphatic heterocycles. The highest BCUT2D eigenvalue weighted by Gasteiger charge is 2.24. The molecule has 1 N–H and O–H groups in total. The van der Waals surface area contributed by atoms with E-state index >= 15 is 0 Å². The lowest BCUT2D eigenvalue weighted by atomic mass is 9.98. The molecule has 0 radical (unpaired) electrons. The molecule has 2 atom stereocenters. The molecule has 1 aromatic rings. The summed E-state index contributed by atoms with van der Waals surface area (Å²) in [6, 6.07) is 7.11. The second-order valence-corrected chi connectivity index (χ2v) is 5.61. The van der Waals surface area contributed by atoms with Crippen molar-refractivity contribution < 1.29 is 4.74 Å². The van der Waals surface area contributed by atoms with Gasteiger partial charge in [-0.25, -0.2) is 0 Å². The highest BCUT2D eigenvalue weighted by molar-refractivity contribution is 5.33. The van der Waals surface area contributed by atoms with E-state index in [9.17, 15) is 0 Å². The highest BCUT2D eigenvalue weighted by Crippen LogP contribution is 2.22. The number of rotatable bonds is 5.